The van der Waals surface area contributed by atoms with Crippen LogP contribution in [0.5, 0.6) is 11.5 Å². The van der Waals surface area contributed by atoms with Crippen LogP contribution in [0, 0.1) is 62.0 Å². The Bertz CT molecular complexity index is 3870. The summed E-state index contributed by atoms with van der Waals surface area (Å²) in [4.78, 5) is 63.2. The summed E-state index contributed by atoms with van der Waals surface area (Å²) in [5, 5.41) is 55.2. The van der Waals surface area contributed by atoms with Gasteiger partial charge >= 0.3 is 0 Å². The molecule has 0 spiro atoms. The lowest BCUT2D eigenvalue weighted by atomic mass is 9.72. The molecule has 2 fully saturated rings. The molecule has 5 N–H and O–H groups in total. The van der Waals surface area contributed by atoms with Crippen molar-refractivity contribution in [1.29, 1.82) is 0 Å². The number of carbonyl (C=O) groups excluding carboxylic acids is 2. The molecule has 0 radical (unpaired) electrons. The Morgan fingerprint density at radius 1 is 0.582 bits per heavy atom. The first kappa shape index (κ1) is 99.1. The fraction of sp³-hybridized carbons (Fsp3) is 0.662. The summed E-state index contributed by atoms with van der Waals surface area (Å²) in [6.45, 7) is 58.3. The number of aromatic hydroxyl groups is 2. The summed E-state index contributed by atoms with van der Waals surface area (Å²) < 4.78 is 52.9. The Morgan fingerprint density at radius 3 is 1.35 bits per heavy atom. The predicted octanol–water partition coefficient (Wildman–Crippen LogP) is 15.7. The molecule has 5 aromatic heterocycles. The van der Waals surface area contributed by atoms with E-state index in [1.807, 2.05) is 137 Å². The molecule has 2 aromatic carbocycles. The van der Waals surface area contributed by atoms with Crippen molar-refractivity contribution < 1.29 is 51.5 Å². The number of tetrazole rings is 1. The van der Waals surface area contributed by atoms with Gasteiger partial charge in [-0.25, -0.2) is 18.8 Å². The number of halogens is 2. The van der Waals surface area contributed by atoms with Gasteiger partial charge in [-0.3, -0.25) is 33.8 Å². The molecule has 110 heavy (non-hydrogen) atoms. The van der Waals surface area contributed by atoms with E-state index in [9.17, 15) is 28.0 Å². The first-order valence-corrected chi connectivity index (χ1v) is 38.0. The minimum atomic E-state index is -0.904. The number of rotatable bonds is 14. The second-order valence-electron chi connectivity index (χ2n) is 30.8. The van der Waals surface area contributed by atoms with Crippen LogP contribution in [-0.2, 0) is 26.1 Å². The number of phenolic OH excluding ortho intramolecular Hbond substituents is 1. The monoisotopic (exact) mass is 1540 g/mol. The molecule has 2 saturated carbocycles. The highest BCUT2D eigenvalue weighted by Gasteiger charge is 2.45. The third-order valence-corrected chi connectivity index (χ3v) is 17.6. The summed E-state index contributed by atoms with van der Waals surface area (Å²) in [6.07, 6.45) is 9.83. The second-order valence-corrected chi connectivity index (χ2v) is 30.8. The standard InChI is InChI=1S/C9H10F2O.C8H13NO.C8H16O.C7H11NO.C7H8O3.C7H14O.C6H11N3.3C6H10N2O.C6H10N2.C4H8N4/c1-5(2)6-3-7(10)9(12)8(11)4-6;1-5(2)7-6(3)4-9-8(7)10;1-7(2)8(9-3)5-4-6-8;1-5(2)7-4-6(3)8-9-7;1-3(2)4-5(8)7(10)6(4)9;1-6(2)7(8-3)4-5-7;1-5(2)6-7-4-8-9(6)3;1-4(2)5-6(9)8-3-7-5;1-4(2)6-8-7-5(3)9-6;1-4(2)6-7-5(3)8-9-6;1-5(2)6-7-3-4-8-6;1-3(2)4-5-7-8-6-4/h3-5,12H,1-2H3;5H,4H2,1-3H3,(H,9,10);7H,4-6H2,1-3H3;4-5H,1-3H3;3,8H,1-2H3;6H,4-5H2,1-3H3;4-5H,1-3H3;4H,3H2,1-2H3,(H,8,9);2*4H,1-3H3;3,5H,4H2,1-2H3;3H,1-2H3,(H,5,6,7,8). The number of hydrogen-bond acceptors (Lipinski definition) is 24. The molecule has 2 aliphatic carbocycles. The van der Waals surface area contributed by atoms with E-state index in [0.29, 0.717) is 100 Å². The van der Waals surface area contributed by atoms with Crippen molar-refractivity contribution >= 4 is 29.6 Å². The van der Waals surface area contributed by atoms with Crippen molar-refractivity contribution in [2.75, 3.05) is 34.0 Å². The van der Waals surface area contributed by atoms with Gasteiger partial charge in [0.25, 0.3) is 11.3 Å². The van der Waals surface area contributed by atoms with E-state index in [1.165, 1.54) is 37.7 Å². The summed E-state index contributed by atoms with van der Waals surface area (Å²) in [7, 11) is 5.55. The lowest BCUT2D eigenvalue weighted by Gasteiger charge is -2.44. The van der Waals surface area contributed by atoms with Crippen LogP contribution in [-0.4, -0.2) is 146 Å². The number of methoxy groups -OCH3 is 2. The number of aromatic amines is 1. The molecule has 0 saturated heterocycles. The van der Waals surface area contributed by atoms with E-state index in [2.05, 4.69) is 151 Å². The maximum atomic E-state index is 12.7. The van der Waals surface area contributed by atoms with Gasteiger partial charge in [0, 0.05) is 94.0 Å². The van der Waals surface area contributed by atoms with Gasteiger partial charge in [0.15, 0.2) is 34.8 Å². The molecule has 616 valence electrons. The van der Waals surface area contributed by atoms with E-state index < -0.39 is 28.2 Å². The third-order valence-electron chi connectivity index (χ3n) is 17.6. The Balaban J connectivity index is 0.000000601. The first-order chi connectivity index (χ1) is 51.3. The zero-order valence-electron chi connectivity index (χ0n) is 71.6. The number of amides is 2. The smallest absolute Gasteiger partial charge is 0.267 e. The fourth-order valence-corrected chi connectivity index (χ4v) is 10.3. The van der Waals surface area contributed by atoms with Crippen LogP contribution in [0.3, 0.4) is 0 Å². The van der Waals surface area contributed by atoms with Gasteiger partial charge in [-0.1, -0.05) is 182 Å². The van der Waals surface area contributed by atoms with Crippen LogP contribution in [0.15, 0.2) is 73.7 Å². The molecule has 7 aromatic rings. The molecule has 30 heteroatoms. The number of phenols is 1. The topological polar surface area (TPSA) is 377 Å². The van der Waals surface area contributed by atoms with E-state index in [0.717, 1.165) is 59.7 Å². The third kappa shape index (κ3) is 33.7. The lowest BCUT2D eigenvalue weighted by Crippen LogP contribution is -2.43. The van der Waals surface area contributed by atoms with Gasteiger partial charge in [0.2, 0.25) is 29.0 Å². The van der Waals surface area contributed by atoms with Crippen molar-refractivity contribution in [1.82, 2.24) is 71.5 Å². The molecule has 0 bridgehead atoms. The van der Waals surface area contributed by atoms with Crippen LogP contribution < -0.4 is 21.5 Å². The largest absolute Gasteiger partial charge is 0.504 e. The maximum absolute atomic E-state index is 12.7. The number of nitrogens with one attached hydrogen (secondary N) is 3. The highest BCUT2D eigenvalue weighted by molar-refractivity contribution is 6.40. The minimum absolute atomic E-state index is 0.00926. The molecule has 2 amide bonds. The Morgan fingerprint density at radius 2 is 1.15 bits per heavy atom. The quantitative estimate of drug-likeness (QED) is 0.0631. The lowest BCUT2D eigenvalue weighted by molar-refractivity contribution is -0.117. The number of amidine groups is 1. The molecule has 3 aliphatic heterocycles. The summed E-state index contributed by atoms with van der Waals surface area (Å²) in [5.74, 6) is 8.06. The number of aromatic nitrogens is 12. The number of carbonyl (C=O) groups is 2. The number of benzene rings is 1. The predicted molar refractivity (Wildman–Crippen MR) is 428 cm³/mol. The second kappa shape index (κ2) is 48.7. The minimum Gasteiger partial charge on any atom is -0.504 e. The Hall–Kier alpha value is -8.93. The van der Waals surface area contributed by atoms with E-state index >= 15 is 0 Å². The Kier molecular flexibility index (Phi) is 43.8. The van der Waals surface area contributed by atoms with Crippen LogP contribution in [0.25, 0.3) is 0 Å². The van der Waals surface area contributed by atoms with Gasteiger partial charge in [-0.05, 0) is 106 Å². The van der Waals surface area contributed by atoms with Crippen molar-refractivity contribution in [3.05, 3.63) is 125 Å². The zero-order chi connectivity index (χ0) is 84.2. The fourth-order valence-electron chi connectivity index (χ4n) is 10.3. The van der Waals surface area contributed by atoms with Gasteiger partial charge in [0.05, 0.1) is 29.0 Å². The van der Waals surface area contributed by atoms with Crippen LogP contribution in [0.2, 0.25) is 0 Å². The first-order valence-electron chi connectivity index (χ1n) is 38.0. The number of aliphatic imine (C=N–C) groups is 3. The summed E-state index contributed by atoms with van der Waals surface area (Å²) >= 11 is 0. The van der Waals surface area contributed by atoms with Crippen molar-refractivity contribution in [2.24, 2.45) is 51.6 Å². The molecular formula is C80H131F2N17O11. The average molecular weight is 1550 g/mol. The summed E-state index contributed by atoms with van der Waals surface area (Å²) in [5.41, 5.74) is 3.89. The number of ether oxygens (including phenoxy) is 2. The SMILES string of the molecule is CC(C)C1=NCC=N1.CC(C)C1=NCNC1=O.CC(C)c1c(O)c(=O)c1=O.CC(C)c1cc(F)c(O)c(F)c1.CC(C)c1ncnn1C.CC(C)c1nn[nH]n1.CC1=C(C(C)C)C(=O)NC1.COC1(C(C)C)CC1.COC1(C(C)C)CCC1.Cc1cc(C(C)C)on1.Cc1nnc(C(C)C)o1.Cc1noc(C(C)C)n1. The number of hydrogen-bond donors (Lipinski definition) is 5. The van der Waals surface area contributed by atoms with E-state index in [-0.39, 0.29) is 46.5 Å². The molecule has 0 atom stereocenters. The molecule has 5 aliphatic rings. The summed E-state index contributed by atoms with van der Waals surface area (Å²) in [6, 6.07) is 4.25. The van der Waals surface area contributed by atoms with Crippen molar-refractivity contribution in [3.63, 3.8) is 0 Å². The average Bonchev–Trinajstić information content (AvgIpc) is 1.74. The molecule has 8 heterocycles. The molecule has 28 nitrogen and oxygen atoms in total. The number of nitrogens with zero attached hydrogens (tertiary/aromatic N) is 14. The zero-order valence-corrected chi connectivity index (χ0v) is 71.6. The van der Waals surface area contributed by atoms with Crippen LogP contribution in [0.1, 0.15) is 304 Å². The maximum Gasteiger partial charge on any atom is 0.267 e. The van der Waals surface area contributed by atoms with Gasteiger partial charge in [-0.2, -0.15) is 15.3 Å². The van der Waals surface area contributed by atoms with Crippen LogP contribution in [0.4, 0.5) is 8.78 Å². The highest BCUT2D eigenvalue weighted by atomic mass is 19.1. The van der Waals surface area contributed by atoms with E-state index in [1.54, 1.807) is 31.8 Å². The van der Waals surface area contributed by atoms with Crippen molar-refractivity contribution in [2.45, 2.75) is 279 Å². The van der Waals surface area contributed by atoms with E-state index in [4.69, 9.17) is 33.2 Å². The molecule has 12 rings (SSSR count). The van der Waals surface area contributed by atoms with Gasteiger partial charge < -0.3 is 43.8 Å². The van der Waals surface area contributed by atoms with Gasteiger partial charge in [0.1, 0.15) is 36.1 Å². The number of aryl methyl sites for hydroxylation is 4. The van der Waals surface area contributed by atoms with Crippen molar-refractivity contribution in [3.8, 4) is 11.5 Å². The Labute approximate surface area is 651 Å². The molecule has 0 unspecified atom stereocenters. The molecular weight excluding hydrogens is 1410 g/mol. The van der Waals surface area contributed by atoms with Crippen LogP contribution >= 0.6 is 0 Å². The normalized spacial score (nSPS) is 14.6. The number of H-pyrrole nitrogens is 1. The van der Waals surface area contributed by atoms with Gasteiger partial charge in [-0.15, -0.1) is 20.4 Å². The highest BCUT2D eigenvalue weighted by Crippen LogP contribution is 2.45.